The van der Waals surface area contributed by atoms with Crippen molar-refractivity contribution in [2.75, 3.05) is 50.8 Å². The van der Waals surface area contributed by atoms with Gasteiger partial charge in [0.1, 0.15) is 5.75 Å². The van der Waals surface area contributed by atoms with E-state index in [1.165, 1.54) is 14.7 Å². The van der Waals surface area contributed by atoms with Crippen molar-refractivity contribution in [1.29, 1.82) is 0 Å². The minimum absolute atomic E-state index is 0. The number of amides is 2. The van der Waals surface area contributed by atoms with Crippen LogP contribution in [0.1, 0.15) is 32.6 Å². The molecule has 2 fully saturated rings. The molecule has 1 aromatic carbocycles. The molecule has 0 saturated carbocycles. The number of sulfonamides is 1. The molecule has 0 aromatic heterocycles. The SMILES string of the molecule is CCCCOc1ccc(N2CCN(S(=O)(=O)C3(C(=O)NO)CCN(C=O)CC3)CC2)cc1.Cl. The highest BCUT2D eigenvalue weighted by Crippen LogP contribution is 2.34. The van der Waals surface area contributed by atoms with Crippen LogP contribution in [0.5, 0.6) is 5.75 Å². The van der Waals surface area contributed by atoms with Crippen LogP contribution in [0.3, 0.4) is 0 Å². The molecule has 0 bridgehead atoms. The first-order valence-electron chi connectivity index (χ1n) is 11.0. The van der Waals surface area contributed by atoms with E-state index >= 15 is 0 Å². The molecule has 12 heteroatoms. The summed E-state index contributed by atoms with van der Waals surface area (Å²) in [6, 6.07) is 7.74. The van der Waals surface area contributed by atoms with E-state index < -0.39 is 20.7 Å². The Balaban J connectivity index is 0.00000385. The highest BCUT2D eigenvalue weighted by Gasteiger charge is 2.55. The minimum Gasteiger partial charge on any atom is -0.494 e. The third kappa shape index (κ3) is 5.71. The molecule has 186 valence electrons. The van der Waals surface area contributed by atoms with Crippen LogP contribution in [-0.2, 0) is 19.6 Å². The van der Waals surface area contributed by atoms with Crippen molar-refractivity contribution in [2.24, 2.45) is 0 Å². The average Bonchev–Trinajstić information content (AvgIpc) is 2.84. The summed E-state index contributed by atoms with van der Waals surface area (Å²) in [5.41, 5.74) is 2.52. The van der Waals surface area contributed by atoms with E-state index in [-0.39, 0.29) is 51.4 Å². The van der Waals surface area contributed by atoms with Crippen molar-refractivity contribution in [3.05, 3.63) is 24.3 Å². The van der Waals surface area contributed by atoms with E-state index in [2.05, 4.69) is 11.8 Å². The fourth-order valence-electron chi connectivity index (χ4n) is 4.22. The van der Waals surface area contributed by atoms with Crippen molar-refractivity contribution in [1.82, 2.24) is 14.7 Å². The van der Waals surface area contributed by atoms with Crippen molar-refractivity contribution in [3.63, 3.8) is 0 Å². The van der Waals surface area contributed by atoms with Crippen molar-refractivity contribution >= 4 is 40.4 Å². The van der Waals surface area contributed by atoms with Gasteiger partial charge in [-0.15, -0.1) is 12.4 Å². The number of rotatable bonds is 9. The molecule has 0 spiro atoms. The molecule has 2 aliphatic rings. The highest BCUT2D eigenvalue weighted by atomic mass is 35.5. The maximum absolute atomic E-state index is 13.5. The molecular formula is C21H33ClN4O6S. The number of hydroxylamine groups is 1. The number of nitrogens with zero attached hydrogens (tertiary/aromatic N) is 3. The van der Waals surface area contributed by atoms with Crippen LogP contribution < -0.4 is 15.1 Å². The number of hydrogen-bond donors (Lipinski definition) is 2. The summed E-state index contributed by atoms with van der Waals surface area (Å²) in [4.78, 5) is 27.0. The van der Waals surface area contributed by atoms with Gasteiger partial charge < -0.3 is 14.5 Å². The van der Waals surface area contributed by atoms with E-state index in [1.54, 1.807) is 0 Å². The highest BCUT2D eigenvalue weighted by molar-refractivity contribution is 7.91. The molecule has 1 aromatic rings. The molecular weight excluding hydrogens is 472 g/mol. The van der Waals surface area contributed by atoms with E-state index in [0.717, 1.165) is 24.3 Å². The Labute approximate surface area is 201 Å². The quantitative estimate of drug-likeness (QED) is 0.225. The summed E-state index contributed by atoms with van der Waals surface area (Å²) < 4.78 is 32.2. The monoisotopic (exact) mass is 504 g/mol. The fraction of sp³-hybridized carbons (Fsp3) is 0.619. The van der Waals surface area contributed by atoms with E-state index in [9.17, 15) is 23.2 Å². The zero-order valence-electron chi connectivity index (χ0n) is 18.8. The molecule has 0 aliphatic carbocycles. The Morgan fingerprint density at radius 3 is 2.24 bits per heavy atom. The second-order valence-corrected chi connectivity index (χ2v) is 10.4. The lowest BCUT2D eigenvalue weighted by Gasteiger charge is -2.43. The van der Waals surface area contributed by atoms with Crippen LogP contribution in [-0.4, -0.2) is 85.8 Å². The maximum Gasteiger partial charge on any atom is 0.266 e. The molecule has 0 atom stereocenters. The van der Waals surface area contributed by atoms with Gasteiger partial charge in [-0.3, -0.25) is 14.8 Å². The van der Waals surface area contributed by atoms with Crippen LogP contribution in [0.4, 0.5) is 5.69 Å². The number of nitrogens with one attached hydrogen (secondary N) is 1. The summed E-state index contributed by atoms with van der Waals surface area (Å²) in [6.07, 6.45) is 2.61. The first-order chi connectivity index (χ1) is 15.4. The number of likely N-dealkylation sites (tertiary alicyclic amines) is 1. The summed E-state index contributed by atoms with van der Waals surface area (Å²) in [5.74, 6) is -0.133. The van der Waals surface area contributed by atoms with Crippen LogP contribution in [0.15, 0.2) is 24.3 Å². The molecule has 2 saturated heterocycles. The molecule has 2 amide bonds. The lowest BCUT2D eigenvalue weighted by atomic mass is 9.95. The maximum atomic E-state index is 13.5. The largest absolute Gasteiger partial charge is 0.494 e. The van der Waals surface area contributed by atoms with E-state index in [1.807, 2.05) is 24.3 Å². The standard InChI is InChI=1S/C21H32N4O6S.ClH/c1-2-3-16-31-19-6-4-18(5-7-19)24-12-14-25(15-13-24)32(29,30)21(20(27)22-28)8-10-23(17-26)11-9-21;/h4-7,17,28H,2-3,8-16H2,1H3,(H,22,27);1H. The Bertz CT molecular complexity index is 883. The van der Waals surface area contributed by atoms with Gasteiger partial charge in [-0.1, -0.05) is 13.3 Å². The number of carbonyl (C=O) groups excluding carboxylic acids is 2. The zero-order chi connectivity index (χ0) is 23.2. The molecule has 2 heterocycles. The molecule has 33 heavy (non-hydrogen) atoms. The van der Waals surface area contributed by atoms with E-state index in [4.69, 9.17) is 4.74 Å². The molecule has 3 rings (SSSR count). The number of unbranched alkanes of at least 4 members (excludes halogenated alkanes) is 1. The van der Waals surface area contributed by atoms with Crippen LogP contribution in [0, 0.1) is 0 Å². The number of hydrogen-bond acceptors (Lipinski definition) is 7. The minimum atomic E-state index is -4.04. The fourth-order valence-corrected chi connectivity index (χ4v) is 6.33. The summed E-state index contributed by atoms with van der Waals surface area (Å²) >= 11 is 0. The molecule has 0 radical (unpaired) electrons. The molecule has 2 N–H and O–H groups in total. The molecule has 2 aliphatic heterocycles. The summed E-state index contributed by atoms with van der Waals surface area (Å²) in [7, 11) is -4.04. The zero-order valence-corrected chi connectivity index (χ0v) is 20.4. The third-order valence-corrected chi connectivity index (χ3v) is 8.94. The number of anilines is 1. The second kappa shape index (κ2) is 11.9. The lowest BCUT2D eigenvalue weighted by molar-refractivity contribution is -0.134. The van der Waals surface area contributed by atoms with Gasteiger partial charge in [0.25, 0.3) is 5.91 Å². The van der Waals surface area contributed by atoms with Gasteiger partial charge in [0, 0.05) is 45.0 Å². The normalized spacial score (nSPS) is 18.8. The van der Waals surface area contributed by atoms with E-state index in [0.29, 0.717) is 26.1 Å². The summed E-state index contributed by atoms with van der Waals surface area (Å²) in [5, 5.41) is 9.23. The first-order valence-corrected chi connectivity index (χ1v) is 12.4. The van der Waals surface area contributed by atoms with Gasteiger partial charge in [0.2, 0.25) is 16.4 Å². The number of halogens is 1. The van der Waals surface area contributed by atoms with Crippen LogP contribution in [0.25, 0.3) is 0 Å². The van der Waals surface area contributed by atoms with Crippen LogP contribution in [0.2, 0.25) is 0 Å². The van der Waals surface area contributed by atoms with Gasteiger partial charge in [-0.25, -0.2) is 13.9 Å². The Kier molecular flexibility index (Phi) is 9.77. The first kappa shape index (κ1) is 27.2. The lowest BCUT2D eigenvalue weighted by Crippen LogP contribution is -2.63. The average molecular weight is 505 g/mol. The van der Waals surface area contributed by atoms with Crippen molar-refractivity contribution in [3.8, 4) is 5.75 Å². The Morgan fingerprint density at radius 2 is 1.73 bits per heavy atom. The van der Waals surface area contributed by atoms with Gasteiger partial charge in [-0.2, -0.15) is 4.31 Å². The number of ether oxygens (including phenoxy) is 1. The van der Waals surface area contributed by atoms with Crippen molar-refractivity contribution in [2.45, 2.75) is 37.4 Å². The van der Waals surface area contributed by atoms with Gasteiger partial charge in [0.05, 0.1) is 6.61 Å². The number of benzene rings is 1. The Morgan fingerprint density at radius 1 is 1.12 bits per heavy atom. The number of carbonyl (C=O) groups is 2. The van der Waals surface area contributed by atoms with Crippen molar-refractivity contribution < 1.29 is 28.0 Å². The van der Waals surface area contributed by atoms with Gasteiger partial charge in [0.15, 0.2) is 4.75 Å². The molecule has 10 nitrogen and oxygen atoms in total. The molecule has 0 unspecified atom stereocenters. The predicted molar refractivity (Wildman–Crippen MR) is 126 cm³/mol. The Hall–Kier alpha value is -2.08. The smallest absolute Gasteiger partial charge is 0.266 e. The van der Waals surface area contributed by atoms with Crippen LogP contribution >= 0.6 is 12.4 Å². The third-order valence-electron chi connectivity index (χ3n) is 6.31. The number of piperidine rings is 1. The predicted octanol–water partition coefficient (Wildman–Crippen LogP) is 1.24. The topological polar surface area (TPSA) is 119 Å². The van der Waals surface area contributed by atoms with Gasteiger partial charge in [-0.05, 0) is 43.5 Å². The second-order valence-electron chi connectivity index (χ2n) is 8.16. The van der Waals surface area contributed by atoms with Gasteiger partial charge >= 0.3 is 0 Å². The summed E-state index contributed by atoms with van der Waals surface area (Å²) in [6.45, 7) is 4.49. The number of piperazine rings is 1.